The highest BCUT2D eigenvalue weighted by Crippen LogP contribution is 2.25. The smallest absolute Gasteiger partial charge is 0.175 e. The van der Waals surface area contributed by atoms with Crippen LogP contribution in [0.1, 0.15) is 24.4 Å². The lowest BCUT2D eigenvalue weighted by Crippen LogP contribution is -2.29. The molecule has 1 N–H and O–H groups in total. The van der Waals surface area contributed by atoms with Crippen LogP contribution in [-0.4, -0.2) is 37.5 Å². The molecule has 0 amide bonds. The fourth-order valence-corrected chi connectivity index (χ4v) is 4.11. The van der Waals surface area contributed by atoms with Crippen LogP contribution >= 0.6 is 0 Å². The Labute approximate surface area is 159 Å². The third-order valence-corrected chi connectivity index (χ3v) is 6.10. The Morgan fingerprint density at radius 1 is 1.15 bits per heavy atom. The van der Waals surface area contributed by atoms with E-state index in [-0.39, 0.29) is 0 Å². The van der Waals surface area contributed by atoms with Gasteiger partial charge in [0.05, 0.1) is 22.7 Å². The Morgan fingerprint density at radius 2 is 1.89 bits per heavy atom. The van der Waals surface area contributed by atoms with Gasteiger partial charge < -0.3 is 10.1 Å². The summed E-state index contributed by atoms with van der Waals surface area (Å²) in [7, 11) is -3.19. The fourth-order valence-electron chi connectivity index (χ4n) is 3.48. The number of nitrogens with zero attached hydrogens (tertiary/aromatic N) is 2. The Kier molecular flexibility index (Phi) is 4.88. The van der Waals surface area contributed by atoms with Gasteiger partial charge >= 0.3 is 0 Å². The van der Waals surface area contributed by atoms with Gasteiger partial charge in [-0.25, -0.2) is 8.42 Å². The van der Waals surface area contributed by atoms with Crippen molar-refractivity contribution in [3.05, 3.63) is 54.2 Å². The average molecular weight is 385 g/mol. The van der Waals surface area contributed by atoms with E-state index in [0.29, 0.717) is 23.3 Å². The van der Waals surface area contributed by atoms with Crippen LogP contribution in [0.15, 0.2) is 53.6 Å². The van der Waals surface area contributed by atoms with Gasteiger partial charge in [-0.2, -0.15) is 5.10 Å². The van der Waals surface area contributed by atoms with Gasteiger partial charge in [-0.3, -0.25) is 4.68 Å². The second-order valence-electron chi connectivity index (χ2n) is 7.00. The third kappa shape index (κ3) is 3.99. The van der Waals surface area contributed by atoms with Crippen molar-refractivity contribution in [1.29, 1.82) is 0 Å². The van der Waals surface area contributed by atoms with Gasteiger partial charge in [-0.1, -0.05) is 6.07 Å². The Morgan fingerprint density at radius 3 is 2.59 bits per heavy atom. The monoisotopic (exact) mass is 385 g/mol. The molecular weight excluding hydrogens is 362 g/mol. The van der Waals surface area contributed by atoms with E-state index in [1.54, 1.807) is 24.3 Å². The lowest BCUT2D eigenvalue weighted by atomic mass is 10.1. The number of benzene rings is 2. The van der Waals surface area contributed by atoms with Crippen LogP contribution in [0, 0.1) is 0 Å². The number of aromatic nitrogens is 2. The minimum absolute atomic E-state index is 0.293. The first kappa shape index (κ1) is 18.0. The van der Waals surface area contributed by atoms with Crippen LogP contribution in [0.2, 0.25) is 0 Å². The molecule has 2 aromatic carbocycles. The van der Waals surface area contributed by atoms with E-state index in [0.717, 1.165) is 42.4 Å². The van der Waals surface area contributed by atoms with E-state index in [9.17, 15) is 8.42 Å². The summed E-state index contributed by atoms with van der Waals surface area (Å²) in [6.07, 6.45) is 5.32. The number of hydrogen-bond acceptors (Lipinski definition) is 5. The second-order valence-corrected chi connectivity index (χ2v) is 9.01. The predicted molar refractivity (Wildman–Crippen MR) is 105 cm³/mol. The number of nitrogens with one attached hydrogen (secondary N) is 1. The second kappa shape index (κ2) is 7.32. The molecule has 1 aromatic heterocycles. The molecule has 142 valence electrons. The van der Waals surface area contributed by atoms with Gasteiger partial charge in [0.2, 0.25) is 0 Å². The lowest BCUT2D eigenvalue weighted by Gasteiger charge is -2.23. The average Bonchev–Trinajstić information content (AvgIpc) is 3.10. The van der Waals surface area contributed by atoms with Crippen molar-refractivity contribution < 1.29 is 13.2 Å². The number of ether oxygens (including phenoxy) is 1. The predicted octanol–water partition coefficient (Wildman–Crippen LogP) is 2.94. The molecule has 1 saturated heterocycles. The van der Waals surface area contributed by atoms with Gasteiger partial charge in [0.1, 0.15) is 12.4 Å². The van der Waals surface area contributed by atoms with Crippen molar-refractivity contribution in [3.63, 3.8) is 0 Å². The van der Waals surface area contributed by atoms with E-state index in [1.165, 1.54) is 6.26 Å². The maximum atomic E-state index is 11.5. The third-order valence-electron chi connectivity index (χ3n) is 4.97. The van der Waals surface area contributed by atoms with Crippen LogP contribution in [0.4, 0.5) is 0 Å². The quantitative estimate of drug-likeness (QED) is 0.731. The van der Waals surface area contributed by atoms with Crippen LogP contribution in [-0.2, 0) is 16.4 Å². The molecule has 7 heteroatoms. The van der Waals surface area contributed by atoms with E-state index in [4.69, 9.17) is 4.74 Å². The molecule has 0 radical (unpaired) electrons. The zero-order chi connectivity index (χ0) is 18.9. The van der Waals surface area contributed by atoms with Gasteiger partial charge in [0, 0.05) is 11.6 Å². The van der Waals surface area contributed by atoms with Gasteiger partial charge in [-0.15, -0.1) is 0 Å². The van der Waals surface area contributed by atoms with E-state index in [2.05, 4.69) is 33.3 Å². The highest BCUT2D eigenvalue weighted by molar-refractivity contribution is 7.90. The summed E-state index contributed by atoms with van der Waals surface area (Å²) < 4.78 is 31.0. The first-order chi connectivity index (χ1) is 13.0. The number of hydrogen-bond donors (Lipinski definition) is 1. The first-order valence-electron chi connectivity index (χ1n) is 9.10. The van der Waals surface area contributed by atoms with Crippen molar-refractivity contribution in [2.24, 2.45) is 0 Å². The zero-order valence-electron chi connectivity index (χ0n) is 15.3. The van der Waals surface area contributed by atoms with E-state index < -0.39 is 9.84 Å². The Hall–Kier alpha value is -2.38. The fraction of sp³-hybridized carbons (Fsp3) is 0.350. The minimum Gasteiger partial charge on any atom is -0.489 e. The molecule has 0 aliphatic carbocycles. The van der Waals surface area contributed by atoms with E-state index in [1.807, 2.05) is 6.20 Å². The Bertz CT molecular complexity index is 1040. The molecule has 2 heterocycles. The lowest BCUT2D eigenvalue weighted by molar-refractivity contribution is 0.306. The van der Waals surface area contributed by atoms with Gasteiger partial charge in [0.25, 0.3) is 0 Å². The van der Waals surface area contributed by atoms with Crippen molar-refractivity contribution >= 4 is 20.7 Å². The maximum Gasteiger partial charge on any atom is 0.175 e. The molecular formula is C20H23N3O3S. The van der Waals surface area contributed by atoms with Crippen molar-refractivity contribution in [2.75, 3.05) is 19.3 Å². The molecule has 1 fully saturated rings. The highest BCUT2D eigenvalue weighted by atomic mass is 32.2. The number of fused-ring (bicyclic) bond motifs is 1. The van der Waals surface area contributed by atoms with Crippen molar-refractivity contribution in [3.8, 4) is 5.75 Å². The van der Waals surface area contributed by atoms with Crippen molar-refractivity contribution in [2.45, 2.75) is 30.4 Å². The molecule has 1 aliphatic rings. The normalized spacial score (nSPS) is 15.9. The standard InChI is InChI=1S/C20H23N3O3S/c1-27(24,25)19-5-3-18(4-6-19)26-14-15-2-7-20-16(12-15)13-22-23(20)17-8-10-21-11-9-17/h2-7,12-13,17,21H,8-11,14H2,1H3. The topological polar surface area (TPSA) is 73.2 Å². The molecule has 0 atom stereocenters. The summed E-state index contributed by atoms with van der Waals surface area (Å²) in [4.78, 5) is 0.293. The molecule has 6 nitrogen and oxygen atoms in total. The van der Waals surface area contributed by atoms with Crippen LogP contribution in [0.5, 0.6) is 5.75 Å². The van der Waals surface area contributed by atoms with Crippen LogP contribution < -0.4 is 10.1 Å². The summed E-state index contributed by atoms with van der Waals surface area (Å²) in [5.41, 5.74) is 2.21. The summed E-state index contributed by atoms with van der Waals surface area (Å²) in [5, 5.41) is 9.10. The number of piperidine rings is 1. The summed E-state index contributed by atoms with van der Waals surface area (Å²) >= 11 is 0. The molecule has 1 aliphatic heterocycles. The number of rotatable bonds is 5. The van der Waals surface area contributed by atoms with Gasteiger partial charge in [-0.05, 0) is 67.9 Å². The zero-order valence-corrected chi connectivity index (χ0v) is 16.1. The number of sulfone groups is 1. The molecule has 3 aromatic rings. The minimum atomic E-state index is -3.19. The summed E-state index contributed by atoms with van der Waals surface area (Å²) in [6, 6.07) is 13.2. The maximum absolute atomic E-state index is 11.5. The first-order valence-corrected chi connectivity index (χ1v) is 11.0. The molecule has 0 bridgehead atoms. The SMILES string of the molecule is CS(=O)(=O)c1ccc(OCc2ccc3c(cnn3C3CCNCC3)c2)cc1. The molecule has 0 unspecified atom stereocenters. The van der Waals surface area contributed by atoms with Gasteiger partial charge in [0.15, 0.2) is 9.84 Å². The van der Waals surface area contributed by atoms with Crippen molar-refractivity contribution in [1.82, 2.24) is 15.1 Å². The molecule has 0 spiro atoms. The summed E-state index contributed by atoms with van der Waals surface area (Å²) in [5.74, 6) is 0.646. The summed E-state index contributed by atoms with van der Waals surface area (Å²) in [6.45, 7) is 2.50. The van der Waals surface area contributed by atoms with E-state index >= 15 is 0 Å². The highest BCUT2D eigenvalue weighted by Gasteiger charge is 2.17. The molecule has 4 rings (SSSR count). The Balaban J connectivity index is 1.46. The van der Waals surface area contributed by atoms with Crippen LogP contribution in [0.3, 0.4) is 0 Å². The van der Waals surface area contributed by atoms with Crippen LogP contribution in [0.25, 0.3) is 10.9 Å². The molecule has 0 saturated carbocycles. The largest absolute Gasteiger partial charge is 0.489 e. The molecule has 27 heavy (non-hydrogen) atoms.